The van der Waals surface area contributed by atoms with Gasteiger partial charge in [0.15, 0.2) is 0 Å². The van der Waals surface area contributed by atoms with E-state index < -0.39 is 17.7 Å². The van der Waals surface area contributed by atoms with Crippen molar-refractivity contribution >= 4 is 29.1 Å². The fourth-order valence-corrected chi connectivity index (χ4v) is 3.51. The van der Waals surface area contributed by atoms with Gasteiger partial charge in [0.1, 0.15) is 11.5 Å². The van der Waals surface area contributed by atoms with Crippen molar-refractivity contribution in [1.29, 1.82) is 0 Å². The number of carbonyl (C=O) groups is 2. The second-order valence-corrected chi connectivity index (χ2v) is 6.88. The van der Waals surface area contributed by atoms with Gasteiger partial charge in [-0.1, -0.05) is 35.9 Å². The molecule has 1 fully saturated rings. The van der Waals surface area contributed by atoms with Gasteiger partial charge in [0.25, 0.3) is 11.7 Å². The maximum atomic E-state index is 12.8. The van der Waals surface area contributed by atoms with E-state index in [4.69, 9.17) is 16.3 Å². The lowest BCUT2D eigenvalue weighted by molar-refractivity contribution is -0.140. The first kappa shape index (κ1) is 19.9. The maximum Gasteiger partial charge on any atom is 0.295 e. The molecule has 1 saturated heterocycles. The molecule has 146 valence electrons. The Morgan fingerprint density at radius 3 is 2.61 bits per heavy atom. The van der Waals surface area contributed by atoms with Crippen LogP contribution in [0.4, 0.5) is 0 Å². The summed E-state index contributed by atoms with van der Waals surface area (Å²) in [6.07, 6.45) is 0.524. The summed E-state index contributed by atoms with van der Waals surface area (Å²) in [6, 6.07) is 11.9. The largest absolute Gasteiger partial charge is 0.508 e. The summed E-state index contributed by atoms with van der Waals surface area (Å²) < 4.78 is 5.04. The number of phenolic OH excluding ortho intramolecular Hbond substituents is 1. The molecule has 0 aliphatic carbocycles. The standard InChI is InChI=1S/C21H20ClNO5/c1-28-10-4-9-23-18(13-5-3-8-16(24)12-13)17(20(26)21(23)27)19(25)14-6-2-7-15(22)11-14/h2-3,5-8,11-12,18,24-25H,4,9-10H2,1H3/b19-17-. The highest BCUT2D eigenvalue weighted by Gasteiger charge is 2.45. The number of Topliss-reactive ketones (excluding diaryl/α,β-unsaturated/α-hetero) is 1. The topological polar surface area (TPSA) is 87.1 Å². The fraction of sp³-hybridized carbons (Fsp3) is 0.238. The van der Waals surface area contributed by atoms with Crippen molar-refractivity contribution in [3.63, 3.8) is 0 Å². The lowest BCUT2D eigenvalue weighted by atomic mass is 9.95. The van der Waals surface area contributed by atoms with Crippen LogP contribution in [-0.2, 0) is 14.3 Å². The number of methoxy groups -OCH3 is 1. The normalized spacial score (nSPS) is 18.6. The van der Waals surface area contributed by atoms with Crippen molar-refractivity contribution in [1.82, 2.24) is 4.90 Å². The molecule has 1 aliphatic rings. The van der Waals surface area contributed by atoms with Crippen LogP contribution in [0.2, 0.25) is 5.02 Å². The molecule has 28 heavy (non-hydrogen) atoms. The van der Waals surface area contributed by atoms with Crippen LogP contribution in [0.1, 0.15) is 23.6 Å². The van der Waals surface area contributed by atoms with Gasteiger partial charge in [0, 0.05) is 30.8 Å². The Kier molecular flexibility index (Phi) is 6.02. The van der Waals surface area contributed by atoms with Crippen LogP contribution >= 0.6 is 11.6 Å². The van der Waals surface area contributed by atoms with Crippen molar-refractivity contribution in [3.8, 4) is 5.75 Å². The van der Waals surface area contributed by atoms with Crippen molar-refractivity contribution < 1.29 is 24.5 Å². The molecule has 0 saturated carbocycles. The molecule has 3 rings (SSSR count). The van der Waals surface area contributed by atoms with Gasteiger partial charge in [-0.25, -0.2) is 0 Å². The van der Waals surface area contributed by atoms with Crippen molar-refractivity contribution in [3.05, 3.63) is 70.3 Å². The number of hydrogen-bond acceptors (Lipinski definition) is 5. The van der Waals surface area contributed by atoms with E-state index in [-0.39, 0.29) is 23.6 Å². The minimum absolute atomic E-state index is 0.00253. The third kappa shape index (κ3) is 3.88. The zero-order valence-corrected chi connectivity index (χ0v) is 16.0. The van der Waals surface area contributed by atoms with Crippen LogP contribution in [0, 0.1) is 0 Å². The first-order chi connectivity index (χ1) is 13.4. The molecule has 2 N–H and O–H groups in total. The molecule has 0 aromatic heterocycles. The number of hydrogen-bond donors (Lipinski definition) is 2. The average Bonchev–Trinajstić information content (AvgIpc) is 2.92. The molecule has 0 radical (unpaired) electrons. The monoisotopic (exact) mass is 401 g/mol. The van der Waals surface area contributed by atoms with Gasteiger partial charge in [0.05, 0.1) is 11.6 Å². The van der Waals surface area contributed by atoms with Gasteiger partial charge in [-0.2, -0.15) is 0 Å². The number of nitrogens with zero attached hydrogens (tertiary/aromatic N) is 1. The summed E-state index contributed by atoms with van der Waals surface area (Å²) in [6.45, 7) is 0.690. The van der Waals surface area contributed by atoms with Crippen LogP contribution in [-0.4, -0.2) is 47.1 Å². The van der Waals surface area contributed by atoms with Crippen LogP contribution in [0.3, 0.4) is 0 Å². The number of phenols is 1. The summed E-state index contributed by atoms with van der Waals surface area (Å²) in [5.41, 5.74) is 0.836. The van der Waals surface area contributed by atoms with Gasteiger partial charge in [-0.3, -0.25) is 9.59 Å². The van der Waals surface area contributed by atoms with E-state index in [0.29, 0.717) is 29.2 Å². The predicted octanol–water partition coefficient (Wildman–Crippen LogP) is 3.50. The first-order valence-electron chi connectivity index (χ1n) is 8.76. The number of amides is 1. The Morgan fingerprint density at radius 1 is 1.18 bits per heavy atom. The van der Waals surface area contributed by atoms with E-state index in [0.717, 1.165) is 0 Å². The quantitative estimate of drug-likeness (QED) is 0.335. The van der Waals surface area contributed by atoms with Gasteiger partial charge < -0.3 is 19.8 Å². The van der Waals surface area contributed by atoms with Crippen LogP contribution in [0.5, 0.6) is 5.75 Å². The minimum Gasteiger partial charge on any atom is -0.508 e. The Hall–Kier alpha value is -2.83. The molecule has 1 atom stereocenters. The molecule has 1 aliphatic heterocycles. The van der Waals surface area contributed by atoms with Crippen molar-refractivity contribution in [2.75, 3.05) is 20.3 Å². The Bertz CT molecular complexity index is 940. The summed E-state index contributed by atoms with van der Waals surface area (Å²) in [5.74, 6) is -1.78. The van der Waals surface area contributed by atoms with E-state index in [1.807, 2.05) is 0 Å². The molecular weight excluding hydrogens is 382 g/mol. The molecule has 2 aromatic carbocycles. The summed E-state index contributed by atoms with van der Waals surface area (Å²) in [4.78, 5) is 26.9. The molecule has 7 heteroatoms. The number of ketones is 1. The molecule has 0 spiro atoms. The van der Waals surface area contributed by atoms with E-state index in [2.05, 4.69) is 0 Å². The van der Waals surface area contributed by atoms with E-state index >= 15 is 0 Å². The van der Waals surface area contributed by atoms with Gasteiger partial charge in [-0.05, 0) is 36.2 Å². The van der Waals surface area contributed by atoms with E-state index in [1.54, 1.807) is 37.4 Å². The molecule has 6 nitrogen and oxygen atoms in total. The Labute approximate surface area is 167 Å². The zero-order chi connectivity index (χ0) is 20.3. The lowest BCUT2D eigenvalue weighted by Gasteiger charge is -2.25. The zero-order valence-electron chi connectivity index (χ0n) is 15.3. The Morgan fingerprint density at radius 2 is 1.93 bits per heavy atom. The molecule has 1 amide bonds. The number of aromatic hydroxyl groups is 1. The molecule has 0 bridgehead atoms. The van der Waals surface area contributed by atoms with Crippen LogP contribution < -0.4 is 0 Å². The van der Waals surface area contributed by atoms with Gasteiger partial charge in [0.2, 0.25) is 0 Å². The van der Waals surface area contributed by atoms with E-state index in [9.17, 15) is 19.8 Å². The maximum absolute atomic E-state index is 12.8. The predicted molar refractivity (Wildman–Crippen MR) is 105 cm³/mol. The van der Waals surface area contributed by atoms with Crippen molar-refractivity contribution in [2.24, 2.45) is 0 Å². The van der Waals surface area contributed by atoms with E-state index in [1.165, 1.54) is 23.1 Å². The summed E-state index contributed by atoms with van der Waals surface area (Å²) >= 11 is 6.01. The number of carbonyl (C=O) groups excluding carboxylic acids is 2. The molecular formula is C21H20ClNO5. The molecule has 1 heterocycles. The fourth-order valence-electron chi connectivity index (χ4n) is 3.32. The molecule has 2 aromatic rings. The third-order valence-corrected chi connectivity index (χ3v) is 4.81. The highest BCUT2D eigenvalue weighted by atomic mass is 35.5. The number of ether oxygens (including phenoxy) is 1. The summed E-state index contributed by atoms with van der Waals surface area (Å²) in [7, 11) is 1.56. The number of likely N-dealkylation sites (tertiary alicyclic amines) is 1. The molecule has 1 unspecified atom stereocenters. The van der Waals surface area contributed by atoms with Gasteiger partial charge in [-0.15, -0.1) is 0 Å². The van der Waals surface area contributed by atoms with Crippen LogP contribution in [0.15, 0.2) is 54.1 Å². The number of rotatable bonds is 6. The van der Waals surface area contributed by atoms with Crippen molar-refractivity contribution in [2.45, 2.75) is 12.5 Å². The lowest BCUT2D eigenvalue weighted by Crippen LogP contribution is -2.31. The van der Waals surface area contributed by atoms with Crippen LogP contribution in [0.25, 0.3) is 5.76 Å². The number of aliphatic hydroxyl groups is 1. The highest BCUT2D eigenvalue weighted by Crippen LogP contribution is 2.40. The number of aliphatic hydroxyl groups excluding tert-OH is 1. The summed E-state index contributed by atoms with van der Waals surface area (Å²) in [5, 5.41) is 21.1. The first-order valence-corrected chi connectivity index (χ1v) is 9.14. The number of benzene rings is 2. The smallest absolute Gasteiger partial charge is 0.295 e. The second-order valence-electron chi connectivity index (χ2n) is 6.44. The number of halogens is 1. The minimum atomic E-state index is -0.817. The third-order valence-electron chi connectivity index (χ3n) is 4.57. The SMILES string of the molecule is COCCCN1C(=O)C(=O)/C(=C(\O)c2cccc(Cl)c2)C1c1cccc(O)c1. The second kappa shape index (κ2) is 8.46. The van der Waals surface area contributed by atoms with Gasteiger partial charge >= 0.3 is 0 Å². The average molecular weight is 402 g/mol. The Balaban J connectivity index is 2.13. The highest BCUT2D eigenvalue weighted by molar-refractivity contribution is 6.46.